The second-order valence-electron chi connectivity index (χ2n) is 12.9. The van der Waals surface area contributed by atoms with E-state index in [1.54, 1.807) is 5.57 Å². The average Bonchev–Trinajstić information content (AvgIpc) is 3.06. The third-order valence-electron chi connectivity index (χ3n) is 11.3. The molecule has 1 N–H and O–H groups in total. The lowest BCUT2D eigenvalue weighted by molar-refractivity contribution is -0.0575. The first-order valence-corrected chi connectivity index (χ1v) is 13.6. The molecule has 0 saturated heterocycles. The number of aliphatic hydroxyl groups is 1. The Balaban J connectivity index is 1.47. The molecule has 172 valence electrons. The summed E-state index contributed by atoms with van der Waals surface area (Å²) in [6.45, 7) is 15.1. The van der Waals surface area contributed by atoms with E-state index >= 15 is 0 Å². The van der Waals surface area contributed by atoms with E-state index in [2.05, 4.69) is 47.6 Å². The molecule has 0 spiro atoms. The van der Waals surface area contributed by atoms with Crippen LogP contribution in [0.15, 0.2) is 11.6 Å². The molecule has 0 aromatic rings. The van der Waals surface area contributed by atoms with Crippen LogP contribution in [0.4, 0.5) is 0 Å². The molecule has 3 fully saturated rings. The fourth-order valence-corrected chi connectivity index (χ4v) is 9.30. The molecule has 0 heterocycles. The van der Waals surface area contributed by atoms with Gasteiger partial charge in [0.05, 0.1) is 6.10 Å². The quantitative estimate of drug-likeness (QED) is 0.436. The van der Waals surface area contributed by atoms with Crippen molar-refractivity contribution in [1.82, 2.24) is 0 Å². The first-order valence-electron chi connectivity index (χ1n) is 13.6. The van der Waals surface area contributed by atoms with Crippen LogP contribution >= 0.6 is 0 Å². The Morgan fingerprint density at radius 2 is 1.77 bits per heavy atom. The van der Waals surface area contributed by atoms with Crippen LogP contribution in [0.1, 0.15) is 112 Å². The van der Waals surface area contributed by atoms with Crippen molar-refractivity contribution < 1.29 is 5.11 Å². The van der Waals surface area contributed by atoms with Crippen molar-refractivity contribution in [2.45, 2.75) is 118 Å². The monoisotopic (exact) mass is 414 g/mol. The van der Waals surface area contributed by atoms with Gasteiger partial charge in [0.1, 0.15) is 0 Å². The maximum atomic E-state index is 10.2. The van der Waals surface area contributed by atoms with Gasteiger partial charge in [-0.2, -0.15) is 0 Å². The zero-order chi connectivity index (χ0) is 21.7. The molecule has 0 aliphatic heterocycles. The van der Waals surface area contributed by atoms with Gasteiger partial charge in [0.15, 0.2) is 0 Å². The molecule has 0 radical (unpaired) electrons. The number of fused-ring (bicyclic) bond motifs is 5. The maximum Gasteiger partial charge on any atom is 0.0577 e. The molecule has 3 saturated carbocycles. The minimum Gasteiger partial charge on any atom is -0.393 e. The molecule has 5 unspecified atom stereocenters. The van der Waals surface area contributed by atoms with Crippen LogP contribution in [0.5, 0.6) is 0 Å². The van der Waals surface area contributed by atoms with Gasteiger partial charge in [0.2, 0.25) is 0 Å². The van der Waals surface area contributed by atoms with Gasteiger partial charge in [-0.1, -0.05) is 66.0 Å². The summed E-state index contributed by atoms with van der Waals surface area (Å²) < 4.78 is 0. The fraction of sp³-hybridized carbons (Fsp3) is 0.931. The van der Waals surface area contributed by atoms with E-state index in [4.69, 9.17) is 0 Å². The van der Waals surface area contributed by atoms with E-state index in [9.17, 15) is 5.11 Å². The van der Waals surface area contributed by atoms with Crippen LogP contribution in [0.2, 0.25) is 0 Å². The lowest BCUT2D eigenvalue weighted by Crippen LogP contribution is -2.50. The molecule has 30 heavy (non-hydrogen) atoms. The predicted molar refractivity (Wildman–Crippen MR) is 128 cm³/mol. The topological polar surface area (TPSA) is 20.2 Å². The summed E-state index contributed by atoms with van der Waals surface area (Å²) in [5.74, 6) is 6.31. The number of aliphatic hydroxyl groups excluding tert-OH is 1. The highest BCUT2D eigenvalue weighted by Crippen LogP contribution is 2.67. The molecule has 0 aromatic heterocycles. The molecule has 0 amide bonds. The van der Waals surface area contributed by atoms with Crippen molar-refractivity contribution >= 4 is 0 Å². The van der Waals surface area contributed by atoms with Gasteiger partial charge in [0, 0.05) is 0 Å². The first-order chi connectivity index (χ1) is 14.2. The van der Waals surface area contributed by atoms with Crippen molar-refractivity contribution in [2.24, 2.45) is 52.3 Å². The molecule has 1 nitrogen and oxygen atoms in total. The molecule has 0 aromatic carbocycles. The van der Waals surface area contributed by atoms with Gasteiger partial charge in [-0.3, -0.25) is 0 Å². The van der Waals surface area contributed by atoms with Crippen LogP contribution in [0, 0.1) is 52.3 Å². The van der Waals surface area contributed by atoms with E-state index in [1.165, 1.54) is 57.8 Å². The smallest absolute Gasteiger partial charge is 0.0577 e. The number of rotatable bonds is 6. The zero-order valence-corrected chi connectivity index (χ0v) is 20.9. The molecule has 1 heteroatoms. The van der Waals surface area contributed by atoms with Crippen LogP contribution in [-0.4, -0.2) is 11.2 Å². The van der Waals surface area contributed by atoms with Crippen LogP contribution in [-0.2, 0) is 0 Å². The van der Waals surface area contributed by atoms with Gasteiger partial charge in [-0.05, 0) is 110 Å². The van der Waals surface area contributed by atoms with Crippen molar-refractivity contribution in [3.05, 3.63) is 11.6 Å². The normalized spacial score (nSPS) is 45.3. The molecule has 0 bridgehead atoms. The molecule has 4 rings (SSSR count). The molecule has 9 atom stereocenters. The van der Waals surface area contributed by atoms with Crippen LogP contribution in [0.3, 0.4) is 0 Å². The largest absolute Gasteiger partial charge is 0.393 e. The third-order valence-corrected chi connectivity index (χ3v) is 11.3. The van der Waals surface area contributed by atoms with Gasteiger partial charge >= 0.3 is 0 Å². The number of hydrogen-bond acceptors (Lipinski definition) is 1. The first kappa shape index (κ1) is 22.9. The molecular weight excluding hydrogens is 364 g/mol. The summed E-state index contributed by atoms with van der Waals surface area (Å²) in [4.78, 5) is 0. The molecular formula is C29H50O. The summed E-state index contributed by atoms with van der Waals surface area (Å²) in [5, 5.41) is 10.2. The molecule has 4 aliphatic carbocycles. The van der Waals surface area contributed by atoms with Crippen molar-refractivity contribution in [2.75, 3.05) is 0 Å². The highest BCUT2D eigenvalue weighted by Gasteiger charge is 2.59. The summed E-state index contributed by atoms with van der Waals surface area (Å²) in [5.41, 5.74) is 2.59. The fourth-order valence-electron chi connectivity index (χ4n) is 9.30. The Kier molecular flexibility index (Phi) is 6.53. The Hall–Kier alpha value is -0.300. The lowest BCUT2D eigenvalue weighted by Gasteiger charge is -2.58. The van der Waals surface area contributed by atoms with E-state index in [-0.39, 0.29) is 6.10 Å². The highest BCUT2D eigenvalue weighted by molar-refractivity contribution is 5.25. The SMILES string of the molecule is CCC(CCC(C)[C@H]1CCC2C3CC=C4C[C@@H](O)CC[C@]4(C)C3CC[C@@]21C)C(C)C. The van der Waals surface area contributed by atoms with Crippen molar-refractivity contribution in [3.63, 3.8) is 0 Å². The number of hydrogen-bond donors (Lipinski definition) is 1. The Bertz CT molecular complexity index is 634. The summed E-state index contributed by atoms with van der Waals surface area (Å²) in [6.07, 6.45) is 17.1. The van der Waals surface area contributed by atoms with Crippen molar-refractivity contribution in [3.8, 4) is 0 Å². The van der Waals surface area contributed by atoms with E-state index in [0.717, 1.165) is 54.3 Å². The van der Waals surface area contributed by atoms with Gasteiger partial charge in [0.25, 0.3) is 0 Å². The maximum absolute atomic E-state index is 10.2. The second-order valence-corrected chi connectivity index (χ2v) is 12.9. The van der Waals surface area contributed by atoms with E-state index in [1.807, 2.05) is 0 Å². The predicted octanol–water partition coefficient (Wildman–Crippen LogP) is 8.02. The molecule has 4 aliphatic rings. The highest BCUT2D eigenvalue weighted by atomic mass is 16.3. The Morgan fingerprint density at radius 3 is 2.47 bits per heavy atom. The Labute approximate surface area is 187 Å². The van der Waals surface area contributed by atoms with Crippen LogP contribution in [0.25, 0.3) is 0 Å². The van der Waals surface area contributed by atoms with Crippen molar-refractivity contribution in [1.29, 1.82) is 0 Å². The van der Waals surface area contributed by atoms with Crippen LogP contribution < -0.4 is 0 Å². The minimum atomic E-state index is -0.0794. The van der Waals surface area contributed by atoms with E-state index < -0.39 is 0 Å². The zero-order valence-electron chi connectivity index (χ0n) is 20.9. The van der Waals surface area contributed by atoms with Gasteiger partial charge in [-0.15, -0.1) is 0 Å². The van der Waals surface area contributed by atoms with Gasteiger partial charge < -0.3 is 5.11 Å². The third kappa shape index (κ3) is 3.74. The minimum absolute atomic E-state index is 0.0794. The summed E-state index contributed by atoms with van der Waals surface area (Å²) in [7, 11) is 0. The summed E-state index contributed by atoms with van der Waals surface area (Å²) >= 11 is 0. The summed E-state index contributed by atoms with van der Waals surface area (Å²) in [6, 6.07) is 0. The Morgan fingerprint density at radius 1 is 1.00 bits per heavy atom. The number of allylic oxidation sites excluding steroid dienone is 1. The average molecular weight is 415 g/mol. The standard InChI is InChI=1S/C29H50O/c1-7-21(19(2)3)9-8-20(4)25-12-13-26-24-11-10-22-18-23(30)14-16-28(22,5)27(24)15-17-29(25,26)6/h10,19-21,23-27,30H,7-9,11-18H2,1-6H3/t20?,21?,23-,24?,25+,26?,27?,28-,29+/m0/s1. The van der Waals surface area contributed by atoms with Gasteiger partial charge in [-0.25, -0.2) is 0 Å². The van der Waals surface area contributed by atoms with E-state index in [0.29, 0.717) is 10.8 Å². The lowest BCUT2D eigenvalue weighted by atomic mass is 9.47. The second kappa shape index (κ2) is 8.57.